The van der Waals surface area contributed by atoms with Gasteiger partial charge in [0.1, 0.15) is 0 Å². The Morgan fingerprint density at radius 1 is 1.22 bits per heavy atom. The predicted molar refractivity (Wildman–Crippen MR) is 74.7 cm³/mol. The standard InChI is InChI=1S/C16H24O2/c1-11(2)8-15(10-16(17)18-5)14-7-6-12(3)13(4)9-14/h6-7,9,11,15H,8,10H2,1-5H3. The first-order valence-corrected chi connectivity index (χ1v) is 6.58. The SMILES string of the molecule is COC(=O)CC(CC(C)C)c1ccc(C)c(C)c1. The molecule has 1 aromatic rings. The van der Waals surface area contributed by atoms with Gasteiger partial charge in [-0.15, -0.1) is 0 Å². The Bertz CT molecular complexity index is 408. The molecule has 0 saturated heterocycles. The van der Waals surface area contributed by atoms with Crippen LogP contribution in [0, 0.1) is 19.8 Å². The molecule has 0 heterocycles. The number of hydrogen-bond donors (Lipinski definition) is 0. The smallest absolute Gasteiger partial charge is 0.306 e. The zero-order valence-electron chi connectivity index (χ0n) is 12.1. The molecule has 100 valence electrons. The van der Waals surface area contributed by atoms with Gasteiger partial charge in [0, 0.05) is 0 Å². The number of rotatable bonds is 5. The molecule has 18 heavy (non-hydrogen) atoms. The van der Waals surface area contributed by atoms with Gasteiger partial charge in [0.2, 0.25) is 0 Å². The maximum absolute atomic E-state index is 11.5. The largest absolute Gasteiger partial charge is 0.469 e. The van der Waals surface area contributed by atoms with E-state index >= 15 is 0 Å². The fourth-order valence-corrected chi connectivity index (χ4v) is 2.21. The van der Waals surface area contributed by atoms with Crippen molar-refractivity contribution >= 4 is 5.97 Å². The van der Waals surface area contributed by atoms with Gasteiger partial charge >= 0.3 is 5.97 Å². The maximum atomic E-state index is 11.5. The fourth-order valence-electron chi connectivity index (χ4n) is 2.21. The topological polar surface area (TPSA) is 26.3 Å². The van der Waals surface area contributed by atoms with Gasteiger partial charge < -0.3 is 4.74 Å². The molecule has 0 aliphatic rings. The summed E-state index contributed by atoms with van der Waals surface area (Å²) in [5.41, 5.74) is 3.82. The highest BCUT2D eigenvalue weighted by Crippen LogP contribution is 2.28. The second-order valence-corrected chi connectivity index (χ2v) is 5.45. The molecule has 0 fully saturated rings. The lowest BCUT2D eigenvalue weighted by Gasteiger charge is -2.19. The molecule has 1 unspecified atom stereocenters. The lowest BCUT2D eigenvalue weighted by Crippen LogP contribution is -2.11. The van der Waals surface area contributed by atoms with Crippen LogP contribution in [0.2, 0.25) is 0 Å². The van der Waals surface area contributed by atoms with Crippen molar-refractivity contribution in [3.8, 4) is 0 Å². The van der Waals surface area contributed by atoms with E-state index in [2.05, 4.69) is 45.9 Å². The zero-order valence-corrected chi connectivity index (χ0v) is 12.1. The van der Waals surface area contributed by atoms with E-state index in [4.69, 9.17) is 4.74 Å². The molecule has 1 atom stereocenters. The Kier molecular flexibility index (Phi) is 5.39. The third-order valence-corrected chi connectivity index (χ3v) is 3.40. The van der Waals surface area contributed by atoms with Crippen molar-refractivity contribution < 1.29 is 9.53 Å². The molecule has 2 heteroatoms. The highest BCUT2D eigenvalue weighted by Gasteiger charge is 2.18. The number of carbonyl (C=O) groups excluding carboxylic acids is 1. The first-order chi connectivity index (χ1) is 8.43. The van der Waals surface area contributed by atoms with Crippen LogP contribution in [-0.2, 0) is 9.53 Å². The van der Waals surface area contributed by atoms with Crippen LogP contribution in [0.25, 0.3) is 0 Å². The average Bonchev–Trinajstić information content (AvgIpc) is 2.31. The van der Waals surface area contributed by atoms with Crippen molar-refractivity contribution in [1.29, 1.82) is 0 Å². The Balaban J connectivity index is 2.93. The molecule has 2 nitrogen and oxygen atoms in total. The van der Waals surface area contributed by atoms with Crippen molar-refractivity contribution in [1.82, 2.24) is 0 Å². The lowest BCUT2D eigenvalue weighted by atomic mass is 9.86. The number of esters is 1. The summed E-state index contributed by atoms with van der Waals surface area (Å²) >= 11 is 0. The monoisotopic (exact) mass is 248 g/mol. The summed E-state index contributed by atoms with van der Waals surface area (Å²) in [4.78, 5) is 11.5. The molecule has 0 aliphatic carbocycles. The Labute approximate surface area is 110 Å². The second kappa shape index (κ2) is 6.58. The number of hydrogen-bond acceptors (Lipinski definition) is 2. The fraction of sp³-hybridized carbons (Fsp3) is 0.562. The van der Waals surface area contributed by atoms with Crippen LogP contribution in [-0.4, -0.2) is 13.1 Å². The van der Waals surface area contributed by atoms with E-state index in [1.54, 1.807) is 0 Å². The van der Waals surface area contributed by atoms with Crippen LogP contribution in [0.3, 0.4) is 0 Å². The van der Waals surface area contributed by atoms with Gasteiger partial charge in [0.25, 0.3) is 0 Å². The first-order valence-electron chi connectivity index (χ1n) is 6.58. The van der Waals surface area contributed by atoms with Crippen molar-refractivity contribution in [2.24, 2.45) is 5.92 Å². The number of ether oxygens (including phenoxy) is 1. The van der Waals surface area contributed by atoms with E-state index in [9.17, 15) is 4.79 Å². The summed E-state index contributed by atoms with van der Waals surface area (Å²) < 4.78 is 4.80. The van der Waals surface area contributed by atoms with Crippen LogP contribution >= 0.6 is 0 Å². The molecular weight excluding hydrogens is 224 g/mol. The van der Waals surface area contributed by atoms with Crippen LogP contribution in [0.15, 0.2) is 18.2 Å². The van der Waals surface area contributed by atoms with Gasteiger partial charge in [-0.2, -0.15) is 0 Å². The summed E-state index contributed by atoms with van der Waals surface area (Å²) in [5, 5.41) is 0. The van der Waals surface area contributed by atoms with Gasteiger partial charge in [-0.05, 0) is 48.8 Å². The normalized spacial score (nSPS) is 12.6. The van der Waals surface area contributed by atoms with E-state index in [0.717, 1.165) is 6.42 Å². The van der Waals surface area contributed by atoms with E-state index in [1.165, 1.54) is 23.8 Å². The zero-order chi connectivity index (χ0) is 13.7. The van der Waals surface area contributed by atoms with Crippen molar-refractivity contribution in [3.63, 3.8) is 0 Å². The summed E-state index contributed by atoms with van der Waals surface area (Å²) in [6, 6.07) is 6.47. The van der Waals surface area contributed by atoms with E-state index in [1.807, 2.05) is 0 Å². The molecular formula is C16H24O2. The summed E-state index contributed by atoms with van der Waals surface area (Å²) in [5.74, 6) is 0.705. The van der Waals surface area contributed by atoms with Crippen LogP contribution < -0.4 is 0 Å². The average molecular weight is 248 g/mol. The minimum atomic E-state index is -0.126. The molecule has 1 aromatic carbocycles. The summed E-state index contributed by atoms with van der Waals surface area (Å²) in [6.45, 7) is 8.59. The number of methoxy groups -OCH3 is 1. The number of carbonyl (C=O) groups is 1. The number of aryl methyl sites for hydroxylation is 2. The highest BCUT2D eigenvalue weighted by atomic mass is 16.5. The van der Waals surface area contributed by atoms with Gasteiger partial charge in [0.15, 0.2) is 0 Å². The molecule has 0 saturated carbocycles. The second-order valence-electron chi connectivity index (χ2n) is 5.45. The Morgan fingerprint density at radius 2 is 1.89 bits per heavy atom. The van der Waals surface area contributed by atoms with Crippen LogP contribution in [0.5, 0.6) is 0 Å². The minimum absolute atomic E-state index is 0.126. The molecule has 0 amide bonds. The molecule has 0 radical (unpaired) electrons. The third kappa shape index (κ3) is 4.17. The van der Waals surface area contributed by atoms with Crippen molar-refractivity contribution in [2.75, 3.05) is 7.11 Å². The maximum Gasteiger partial charge on any atom is 0.306 e. The molecule has 0 bridgehead atoms. The minimum Gasteiger partial charge on any atom is -0.469 e. The van der Waals surface area contributed by atoms with Crippen molar-refractivity contribution in [3.05, 3.63) is 34.9 Å². The quantitative estimate of drug-likeness (QED) is 0.736. The predicted octanol–water partition coefficient (Wildman–Crippen LogP) is 4.00. The molecule has 0 N–H and O–H groups in total. The van der Waals surface area contributed by atoms with Crippen molar-refractivity contribution in [2.45, 2.75) is 46.5 Å². The van der Waals surface area contributed by atoms with Gasteiger partial charge in [-0.25, -0.2) is 0 Å². The van der Waals surface area contributed by atoms with Gasteiger partial charge in [-0.3, -0.25) is 4.79 Å². The Morgan fingerprint density at radius 3 is 2.39 bits per heavy atom. The van der Waals surface area contributed by atoms with Gasteiger partial charge in [0.05, 0.1) is 13.5 Å². The van der Waals surface area contributed by atoms with E-state index < -0.39 is 0 Å². The van der Waals surface area contributed by atoms with Crippen LogP contribution in [0.1, 0.15) is 49.3 Å². The lowest BCUT2D eigenvalue weighted by molar-refractivity contribution is -0.141. The third-order valence-electron chi connectivity index (χ3n) is 3.40. The molecule has 0 aromatic heterocycles. The van der Waals surface area contributed by atoms with E-state index in [0.29, 0.717) is 12.3 Å². The Hall–Kier alpha value is -1.31. The number of benzene rings is 1. The van der Waals surface area contributed by atoms with Gasteiger partial charge in [-0.1, -0.05) is 32.0 Å². The van der Waals surface area contributed by atoms with E-state index in [-0.39, 0.29) is 11.9 Å². The molecule has 0 aliphatic heterocycles. The summed E-state index contributed by atoms with van der Waals surface area (Å²) in [6.07, 6.45) is 1.48. The van der Waals surface area contributed by atoms with Crippen LogP contribution in [0.4, 0.5) is 0 Å². The summed E-state index contributed by atoms with van der Waals surface area (Å²) in [7, 11) is 1.45. The molecule has 0 spiro atoms. The highest BCUT2D eigenvalue weighted by molar-refractivity contribution is 5.70. The molecule has 1 rings (SSSR count). The first kappa shape index (κ1) is 14.7.